The number of carbonyl (C=O) groups excluding carboxylic acids is 1. The minimum Gasteiger partial charge on any atom is -0.496 e. The number of hydrazone groups is 1. The quantitative estimate of drug-likeness (QED) is 0.285. The van der Waals surface area contributed by atoms with E-state index in [4.69, 9.17) is 4.74 Å². The van der Waals surface area contributed by atoms with Gasteiger partial charge in [-0.05, 0) is 80.1 Å². The van der Waals surface area contributed by atoms with Crippen molar-refractivity contribution in [2.24, 2.45) is 5.10 Å². The van der Waals surface area contributed by atoms with Gasteiger partial charge in [0.1, 0.15) is 16.8 Å². The summed E-state index contributed by atoms with van der Waals surface area (Å²) in [7, 11) is 1.57. The monoisotopic (exact) mass is 532 g/mol. The number of aryl methyl sites for hydroxylation is 2. The topological polar surface area (TPSA) is 79.4 Å². The van der Waals surface area contributed by atoms with Gasteiger partial charge in [0.25, 0.3) is 5.91 Å². The second-order valence-electron chi connectivity index (χ2n) is 6.79. The number of methoxy groups -OCH3 is 1. The molecule has 0 saturated heterocycles. The zero-order valence-electron chi connectivity index (χ0n) is 17.3. The lowest BCUT2D eigenvalue weighted by Crippen LogP contribution is -2.17. The SMILES string of the molecule is COc1cc(C(=O)N/N=C\c2cc(C)n(-c3sc(C)c(C)c3C#N)c2C)ccc1I. The third-order valence-electron chi connectivity index (χ3n) is 4.93. The van der Waals surface area contributed by atoms with Crippen molar-refractivity contribution in [3.05, 3.63) is 66.4 Å². The molecule has 30 heavy (non-hydrogen) atoms. The maximum atomic E-state index is 12.4. The van der Waals surface area contributed by atoms with E-state index in [1.807, 2.05) is 39.8 Å². The average Bonchev–Trinajstić information content (AvgIpc) is 3.16. The van der Waals surface area contributed by atoms with Crippen molar-refractivity contribution in [3.63, 3.8) is 0 Å². The van der Waals surface area contributed by atoms with Gasteiger partial charge in [-0.2, -0.15) is 10.4 Å². The van der Waals surface area contributed by atoms with E-state index in [1.54, 1.807) is 36.8 Å². The first-order valence-electron chi connectivity index (χ1n) is 9.14. The van der Waals surface area contributed by atoms with Crippen LogP contribution in [0.2, 0.25) is 0 Å². The van der Waals surface area contributed by atoms with Crippen LogP contribution in [0.15, 0.2) is 29.4 Å². The van der Waals surface area contributed by atoms with Gasteiger partial charge in [0.15, 0.2) is 0 Å². The Balaban J connectivity index is 1.84. The lowest BCUT2D eigenvalue weighted by Gasteiger charge is -2.07. The fourth-order valence-corrected chi connectivity index (χ4v) is 4.93. The summed E-state index contributed by atoms with van der Waals surface area (Å²) in [6.07, 6.45) is 1.63. The van der Waals surface area contributed by atoms with Gasteiger partial charge in [-0.1, -0.05) is 0 Å². The van der Waals surface area contributed by atoms with Crippen molar-refractivity contribution in [2.75, 3.05) is 7.11 Å². The van der Waals surface area contributed by atoms with Crippen LogP contribution < -0.4 is 10.2 Å². The molecule has 1 amide bonds. The molecule has 154 valence electrons. The van der Waals surface area contributed by atoms with E-state index in [0.29, 0.717) is 16.9 Å². The number of nitrogens with zero attached hydrogens (tertiary/aromatic N) is 3. The highest BCUT2D eigenvalue weighted by Gasteiger charge is 2.18. The van der Waals surface area contributed by atoms with Crippen LogP contribution in [-0.4, -0.2) is 23.8 Å². The second kappa shape index (κ2) is 9.02. The number of ether oxygens (including phenoxy) is 1. The van der Waals surface area contributed by atoms with E-state index in [9.17, 15) is 10.1 Å². The van der Waals surface area contributed by atoms with Gasteiger partial charge in [-0.15, -0.1) is 11.3 Å². The maximum absolute atomic E-state index is 12.4. The summed E-state index contributed by atoms with van der Waals surface area (Å²) in [6.45, 7) is 7.97. The summed E-state index contributed by atoms with van der Waals surface area (Å²) in [5.74, 6) is 0.330. The van der Waals surface area contributed by atoms with Crippen molar-refractivity contribution in [1.82, 2.24) is 9.99 Å². The van der Waals surface area contributed by atoms with E-state index in [2.05, 4.69) is 43.8 Å². The molecule has 1 N–H and O–H groups in total. The average molecular weight is 532 g/mol. The number of benzene rings is 1. The number of amides is 1. The Morgan fingerprint density at radius 3 is 2.70 bits per heavy atom. The Labute approximate surface area is 193 Å². The molecule has 1 aromatic carbocycles. The summed E-state index contributed by atoms with van der Waals surface area (Å²) in [4.78, 5) is 13.5. The standard InChI is InChI=1S/C22H21IN4O2S/c1-12-8-17(14(3)27(12)22-18(10-24)13(2)15(4)30-22)11-25-26-21(28)16-6-7-19(23)20(9-16)29-5/h6-9,11H,1-5H3,(H,26,28)/b25-11-. The summed E-state index contributed by atoms with van der Waals surface area (Å²) in [6, 6.07) is 9.55. The molecule has 3 rings (SSSR count). The zero-order valence-corrected chi connectivity index (χ0v) is 20.3. The highest BCUT2D eigenvalue weighted by atomic mass is 127. The van der Waals surface area contributed by atoms with E-state index in [-0.39, 0.29) is 5.91 Å². The van der Waals surface area contributed by atoms with Gasteiger partial charge in [0.05, 0.1) is 22.5 Å². The van der Waals surface area contributed by atoms with E-state index in [1.165, 1.54) is 0 Å². The third-order valence-corrected chi connectivity index (χ3v) is 7.02. The van der Waals surface area contributed by atoms with Crippen LogP contribution in [0.25, 0.3) is 5.00 Å². The molecule has 0 unspecified atom stereocenters. The van der Waals surface area contributed by atoms with Gasteiger partial charge in [-0.25, -0.2) is 5.43 Å². The molecule has 0 spiro atoms. The van der Waals surface area contributed by atoms with Crippen LogP contribution >= 0.6 is 33.9 Å². The summed E-state index contributed by atoms with van der Waals surface area (Å²) in [5.41, 5.74) is 7.58. The molecular weight excluding hydrogens is 511 g/mol. The molecule has 0 aliphatic rings. The number of halogens is 1. The molecule has 0 atom stereocenters. The van der Waals surface area contributed by atoms with E-state index < -0.39 is 0 Å². The third kappa shape index (κ3) is 4.13. The van der Waals surface area contributed by atoms with Crippen LogP contribution in [0.3, 0.4) is 0 Å². The molecule has 8 heteroatoms. The molecule has 0 saturated carbocycles. The van der Waals surface area contributed by atoms with Crippen molar-refractivity contribution < 1.29 is 9.53 Å². The van der Waals surface area contributed by atoms with E-state index >= 15 is 0 Å². The van der Waals surface area contributed by atoms with Crippen LogP contribution in [0.5, 0.6) is 5.75 Å². The predicted octanol–water partition coefficient (Wildman–Crippen LogP) is 5.02. The normalized spacial score (nSPS) is 11.0. The zero-order chi connectivity index (χ0) is 22.0. The molecule has 2 aromatic heterocycles. The molecule has 0 fully saturated rings. The number of rotatable bonds is 5. The molecule has 0 radical (unpaired) electrons. The molecule has 0 aliphatic heterocycles. The highest BCUT2D eigenvalue weighted by Crippen LogP contribution is 2.33. The smallest absolute Gasteiger partial charge is 0.271 e. The van der Waals surface area contributed by atoms with Gasteiger partial charge in [0.2, 0.25) is 0 Å². The Morgan fingerprint density at radius 2 is 2.03 bits per heavy atom. The van der Waals surface area contributed by atoms with Crippen LogP contribution in [0, 0.1) is 42.6 Å². The van der Waals surface area contributed by atoms with Crippen molar-refractivity contribution in [1.29, 1.82) is 5.26 Å². The fraction of sp³-hybridized carbons (Fsp3) is 0.227. The number of nitriles is 1. The van der Waals surface area contributed by atoms with Gasteiger partial charge < -0.3 is 9.30 Å². The number of hydrogen-bond donors (Lipinski definition) is 1. The number of thiophene rings is 1. The Kier molecular flexibility index (Phi) is 6.63. The molecule has 2 heterocycles. The van der Waals surface area contributed by atoms with Crippen molar-refractivity contribution in [3.8, 4) is 16.8 Å². The van der Waals surface area contributed by atoms with E-state index in [0.717, 1.165) is 36.0 Å². The Hall–Kier alpha value is -2.64. The Bertz CT molecular complexity index is 1200. The fourth-order valence-electron chi connectivity index (χ4n) is 3.16. The summed E-state index contributed by atoms with van der Waals surface area (Å²) < 4.78 is 8.26. The lowest BCUT2D eigenvalue weighted by molar-refractivity contribution is 0.0954. The lowest BCUT2D eigenvalue weighted by atomic mass is 10.2. The minimum atomic E-state index is -0.314. The minimum absolute atomic E-state index is 0.314. The van der Waals surface area contributed by atoms with Crippen molar-refractivity contribution in [2.45, 2.75) is 27.7 Å². The number of carbonyl (C=O) groups is 1. The first-order chi connectivity index (χ1) is 14.3. The molecule has 0 bridgehead atoms. The largest absolute Gasteiger partial charge is 0.496 e. The number of hydrogen-bond acceptors (Lipinski definition) is 5. The molecule has 3 aromatic rings. The summed E-state index contributed by atoms with van der Waals surface area (Å²) >= 11 is 3.76. The number of nitrogens with one attached hydrogen (secondary N) is 1. The summed E-state index contributed by atoms with van der Waals surface area (Å²) in [5, 5.41) is 14.6. The highest BCUT2D eigenvalue weighted by molar-refractivity contribution is 14.1. The van der Waals surface area contributed by atoms with Crippen LogP contribution in [0.1, 0.15) is 43.3 Å². The molecular formula is C22H21IN4O2S. The van der Waals surface area contributed by atoms with Gasteiger partial charge >= 0.3 is 0 Å². The van der Waals surface area contributed by atoms with Gasteiger partial charge in [0, 0.05) is 27.4 Å². The van der Waals surface area contributed by atoms with Crippen molar-refractivity contribution >= 4 is 46.0 Å². The maximum Gasteiger partial charge on any atom is 0.271 e. The first-order valence-corrected chi connectivity index (χ1v) is 11.0. The predicted molar refractivity (Wildman–Crippen MR) is 128 cm³/mol. The second-order valence-corrected chi connectivity index (χ2v) is 9.15. The Morgan fingerprint density at radius 1 is 1.30 bits per heavy atom. The first kappa shape index (κ1) is 22.1. The van der Waals surface area contributed by atoms with Gasteiger partial charge in [-0.3, -0.25) is 4.79 Å². The number of aromatic nitrogens is 1. The molecule has 0 aliphatic carbocycles. The van der Waals surface area contributed by atoms with Crippen LogP contribution in [-0.2, 0) is 0 Å². The molecule has 6 nitrogen and oxygen atoms in total. The van der Waals surface area contributed by atoms with Crippen LogP contribution in [0.4, 0.5) is 0 Å².